The number of aromatic nitrogens is 1. The lowest BCUT2D eigenvalue weighted by Crippen LogP contribution is -2.42. The number of alkyl halides is 6. The van der Waals surface area contributed by atoms with E-state index in [2.05, 4.69) is 4.98 Å². The van der Waals surface area contributed by atoms with Gasteiger partial charge in [-0.25, -0.2) is 13.4 Å². The Labute approximate surface area is 235 Å². The molecule has 1 aromatic heterocycles. The van der Waals surface area contributed by atoms with Crippen LogP contribution in [0.5, 0.6) is 11.6 Å². The van der Waals surface area contributed by atoms with Crippen LogP contribution in [-0.4, -0.2) is 44.4 Å². The van der Waals surface area contributed by atoms with E-state index in [-0.39, 0.29) is 34.1 Å². The highest BCUT2D eigenvalue weighted by molar-refractivity contribution is 7.93. The molecule has 2 aromatic carbocycles. The largest absolute Gasteiger partial charge is 0.487 e. The number of benzene rings is 2. The van der Waals surface area contributed by atoms with Gasteiger partial charge in [0, 0.05) is 16.8 Å². The molecule has 0 saturated carbocycles. The van der Waals surface area contributed by atoms with E-state index in [0.717, 1.165) is 22.5 Å². The number of pyridine rings is 1. The van der Waals surface area contributed by atoms with E-state index in [9.17, 15) is 34.8 Å². The maximum Gasteiger partial charge on any atom is 0.417 e. The summed E-state index contributed by atoms with van der Waals surface area (Å²) in [6, 6.07) is 7.84. The lowest BCUT2D eigenvalue weighted by atomic mass is 10.0. The predicted octanol–water partition coefficient (Wildman–Crippen LogP) is 6.29. The molecule has 3 aromatic rings. The minimum absolute atomic E-state index is 0.0657. The molecule has 1 atom stereocenters. The second-order valence-electron chi connectivity index (χ2n) is 8.82. The maximum absolute atomic E-state index is 13.8. The van der Waals surface area contributed by atoms with E-state index >= 15 is 0 Å². The van der Waals surface area contributed by atoms with Gasteiger partial charge < -0.3 is 14.6 Å². The summed E-state index contributed by atoms with van der Waals surface area (Å²) in [5, 5.41) is 8.91. The minimum atomic E-state index is -4.92. The van der Waals surface area contributed by atoms with Gasteiger partial charge in [-0.05, 0) is 42.8 Å². The molecule has 0 saturated heterocycles. The predicted molar refractivity (Wildman–Crippen MR) is 138 cm³/mol. The summed E-state index contributed by atoms with van der Waals surface area (Å²) in [6.45, 7) is 0.231. The SMILES string of the molecule is C[C@H]1CN(S(=O)(=O)c2cc(C(F)(F)F)cnc2OCCO)c2cc(/C=C/c3c(Cl)cccc3C(F)(F)F)ccc2O1. The summed E-state index contributed by atoms with van der Waals surface area (Å²) in [7, 11) is -4.78. The summed E-state index contributed by atoms with van der Waals surface area (Å²) in [5.74, 6) is -0.585. The van der Waals surface area contributed by atoms with Crippen LogP contribution in [-0.2, 0) is 22.4 Å². The number of sulfonamides is 1. The van der Waals surface area contributed by atoms with E-state index in [1.165, 1.54) is 30.3 Å². The molecule has 0 bridgehead atoms. The summed E-state index contributed by atoms with van der Waals surface area (Å²) >= 11 is 6.01. The van der Waals surface area contributed by atoms with E-state index in [4.69, 9.17) is 26.2 Å². The fraction of sp³-hybridized carbons (Fsp3) is 0.269. The van der Waals surface area contributed by atoms with Gasteiger partial charge in [0.2, 0.25) is 5.88 Å². The summed E-state index contributed by atoms with van der Waals surface area (Å²) in [5.41, 5.74) is -2.46. The Bertz CT molecular complexity index is 1580. The van der Waals surface area contributed by atoms with Crippen molar-refractivity contribution in [2.24, 2.45) is 0 Å². The number of aliphatic hydroxyl groups is 1. The first-order chi connectivity index (χ1) is 19.1. The molecule has 0 amide bonds. The van der Waals surface area contributed by atoms with Gasteiger partial charge in [-0.1, -0.05) is 35.9 Å². The Morgan fingerprint density at radius 3 is 2.51 bits per heavy atom. The Balaban J connectivity index is 1.81. The number of halogens is 7. The molecule has 220 valence electrons. The first-order valence-electron chi connectivity index (χ1n) is 11.8. The van der Waals surface area contributed by atoms with Crippen molar-refractivity contribution in [2.75, 3.05) is 24.1 Å². The first kappa shape index (κ1) is 30.5. The van der Waals surface area contributed by atoms with Crippen molar-refractivity contribution in [1.82, 2.24) is 4.98 Å². The Hall–Kier alpha value is -3.49. The lowest BCUT2D eigenvalue weighted by Gasteiger charge is -2.34. The molecule has 0 unspecified atom stereocenters. The normalized spacial score (nSPS) is 16.0. The van der Waals surface area contributed by atoms with Crippen LogP contribution in [0.2, 0.25) is 5.02 Å². The quantitative estimate of drug-likeness (QED) is 0.246. The second-order valence-corrected chi connectivity index (χ2v) is 11.1. The highest BCUT2D eigenvalue weighted by atomic mass is 35.5. The second kappa shape index (κ2) is 11.4. The van der Waals surface area contributed by atoms with Gasteiger partial charge in [-0.3, -0.25) is 4.31 Å². The zero-order valence-corrected chi connectivity index (χ0v) is 22.6. The standard InChI is InChI=1S/C26H21ClF6N2O5S/c1-15-14-35(41(37,38)23-12-17(25(28,29)30)13-34-24(23)39-10-9-36)21-11-16(6-8-22(21)40-15)5-7-18-19(26(31,32)33)3-2-4-20(18)27/h2-8,11-13,15,36H,9-10,14H2,1H3/b7-5+/t15-/m0/s1. The van der Waals surface area contributed by atoms with Crippen molar-refractivity contribution in [3.63, 3.8) is 0 Å². The van der Waals surface area contributed by atoms with Gasteiger partial charge >= 0.3 is 12.4 Å². The average molecular weight is 623 g/mol. The number of fused-ring (bicyclic) bond motifs is 1. The van der Waals surface area contributed by atoms with Gasteiger partial charge in [0.05, 0.1) is 30.0 Å². The zero-order chi connectivity index (χ0) is 30.2. The number of hydrogen-bond acceptors (Lipinski definition) is 6. The van der Waals surface area contributed by atoms with Crippen molar-refractivity contribution >= 4 is 39.5 Å². The van der Waals surface area contributed by atoms with Crippen LogP contribution in [0.15, 0.2) is 53.6 Å². The number of hydrogen-bond donors (Lipinski definition) is 1. The lowest BCUT2D eigenvalue weighted by molar-refractivity contribution is -0.138. The fourth-order valence-electron chi connectivity index (χ4n) is 4.02. The molecule has 0 spiro atoms. The van der Waals surface area contributed by atoms with Gasteiger partial charge in [-0.2, -0.15) is 26.3 Å². The van der Waals surface area contributed by atoms with Crippen molar-refractivity contribution in [3.8, 4) is 11.6 Å². The first-order valence-corrected chi connectivity index (χ1v) is 13.6. The van der Waals surface area contributed by atoms with E-state index < -0.39 is 63.6 Å². The summed E-state index contributed by atoms with van der Waals surface area (Å²) in [4.78, 5) is 2.63. The van der Waals surface area contributed by atoms with Gasteiger partial charge in [0.25, 0.3) is 10.0 Å². The molecule has 15 heteroatoms. The third-order valence-electron chi connectivity index (χ3n) is 5.85. The van der Waals surface area contributed by atoms with Gasteiger partial charge in [0.1, 0.15) is 18.5 Å². The monoisotopic (exact) mass is 622 g/mol. The van der Waals surface area contributed by atoms with E-state index in [1.807, 2.05) is 0 Å². The molecule has 7 nitrogen and oxygen atoms in total. The Morgan fingerprint density at radius 1 is 1.12 bits per heavy atom. The topological polar surface area (TPSA) is 89.0 Å². The van der Waals surface area contributed by atoms with Crippen LogP contribution in [0.4, 0.5) is 32.0 Å². The molecular weight excluding hydrogens is 602 g/mol. The Kier molecular flexibility index (Phi) is 8.48. The number of ether oxygens (including phenoxy) is 2. The van der Waals surface area contributed by atoms with Crippen LogP contribution >= 0.6 is 11.6 Å². The van der Waals surface area contributed by atoms with Crippen LogP contribution in [0.3, 0.4) is 0 Å². The van der Waals surface area contributed by atoms with Crippen molar-refractivity contribution in [3.05, 3.63) is 75.9 Å². The molecular formula is C26H21ClF6N2O5S. The minimum Gasteiger partial charge on any atom is -0.487 e. The summed E-state index contributed by atoms with van der Waals surface area (Å²) < 4.78 is 120. The van der Waals surface area contributed by atoms with Crippen LogP contribution in [0, 0.1) is 0 Å². The molecule has 1 aliphatic rings. The summed E-state index contributed by atoms with van der Waals surface area (Å²) in [6.07, 6.45) is -7.53. The van der Waals surface area contributed by atoms with Crippen LogP contribution < -0.4 is 13.8 Å². The fourth-order valence-corrected chi connectivity index (χ4v) is 5.91. The van der Waals surface area contributed by atoms with Crippen molar-refractivity contribution in [2.45, 2.75) is 30.3 Å². The van der Waals surface area contributed by atoms with E-state index in [1.54, 1.807) is 6.92 Å². The molecule has 1 aliphatic heterocycles. The van der Waals surface area contributed by atoms with Crippen LogP contribution in [0.25, 0.3) is 12.2 Å². The number of anilines is 1. The molecule has 0 fully saturated rings. The number of rotatable bonds is 7. The van der Waals surface area contributed by atoms with Crippen molar-refractivity contribution in [1.29, 1.82) is 0 Å². The third kappa shape index (κ3) is 6.54. The van der Waals surface area contributed by atoms with Gasteiger partial charge in [-0.15, -0.1) is 0 Å². The molecule has 1 N–H and O–H groups in total. The molecule has 4 rings (SSSR count). The van der Waals surface area contributed by atoms with Crippen molar-refractivity contribution < 1.29 is 49.3 Å². The molecule has 2 heterocycles. The Morgan fingerprint density at radius 2 is 1.85 bits per heavy atom. The van der Waals surface area contributed by atoms with Crippen LogP contribution in [0.1, 0.15) is 29.2 Å². The highest BCUT2D eigenvalue weighted by Crippen LogP contribution is 2.41. The molecule has 0 aliphatic carbocycles. The average Bonchev–Trinajstić information content (AvgIpc) is 2.89. The zero-order valence-electron chi connectivity index (χ0n) is 21.0. The molecule has 41 heavy (non-hydrogen) atoms. The van der Waals surface area contributed by atoms with Gasteiger partial charge in [0.15, 0.2) is 4.90 Å². The number of nitrogens with zero attached hydrogens (tertiary/aromatic N) is 2. The third-order valence-corrected chi connectivity index (χ3v) is 7.95. The maximum atomic E-state index is 13.8. The highest BCUT2D eigenvalue weighted by Gasteiger charge is 2.39. The smallest absolute Gasteiger partial charge is 0.417 e. The molecule has 0 radical (unpaired) electrons. The van der Waals surface area contributed by atoms with E-state index in [0.29, 0.717) is 12.3 Å². The number of aliphatic hydroxyl groups excluding tert-OH is 1.